The third-order valence-electron chi connectivity index (χ3n) is 3.30. The Kier molecular flexibility index (Phi) is 3.88. The number of sulfonamides is 1. The molecule has 1 heterocycles. The molecule has 22 heavy (non-hydrogen) atoms. The van der Waals surface area contributed by atoms with Gasteiger partial charge in [-0.15, -0.1) is 0 Å². The summed E-state index contributed by atoms with van der Waals surface area (Å²) in [6.07, 6.45) is 1.59. The van der Waals surface area contributed by atoms with Crippen molar-refractivity contribution < 1.29 is 8.42 Å². The zero-order chi connectivity index (χ0) is 15.7. The molecule has 0 fully saturated rings. The Morgan fingerprint density at radius 1 is 1.09 bits per heavy atom. The van der Waals surface area contributed by atoms with Gasteiger partial charge in [-0.25, -0.2) is 8.42 Å². The molecule has 2 aromatic carbocycles. The van der Waals surface area contributed by atoms with E-state index in [-0.39, 0.29) is 4.90 Å². The summed E-state index contributed by atoms with van der Waals surface area (Å²) in [5.74, 6) is 0. The minimum absolute atomic E-state index is 0.172. The molecular formula is C16H13BrN2O2S. The van der Waals surface area contributed by atoms with Gasteiger partial charge in [0, 0.05) is 21.7 Å². The van der Waals surface area contributed by atoms with Crippen LogP contribution in [-0.2, 0) is 10.0 Å². The summed E-state index contributed by atoms with van der Waals surface area (Å²) in [6, 6.07) is 14.0. The molecule has 0 radical (unpaired) electrons. The molecule has 0 aliphatic heterocycles. The molecule has 6 heteroatoms. The maximum atomic E-state index is 12.6. The largest absolute Gasteiger partial charge is 0.280 e. The van der Waals surface area contributed by atoms with Crippen LogP contribution in [-0.4, -0.2) is 13.4 Å². The molecule has 0 saturated heterocycles. The zero-order valence-electron chi connectivity index (χ0n) is 11.7. The molecule has 0 amide bonds. The van der Waals surface area contributed by atoms with Gasteiger partial charge in [-0.1, -0.05) is 34.1 Å². The van der Waals surface area contributed by atoms with Crippen LogP contribution in [0.2, 0.25) is 0 Å². The Morgan fingerprint density at radius 2 is 1.86 bits per heavy atom. The van der Waals surface area contributed by atoms with Crippen LogP contribution in [0.3, 0.4) is 0 Å². The molecule has 0 unspecified atom stereocenters. The number of rotatable bonds is 3. The third kappa shape index (κ3) is 2.84. The van der Waals surface area contributed by atoms with Gasteiger partial charge in [0.2, 0.25) is 0 Å². The van der Waals surface area contributed by atoms with Gasteiger partial charge in [0.1, 0.15) is 4.90 Å². The van der Waals surface area contributed by atoms with Crippen LogP contribution in [0.25, 0.3) is 10.9 Å². The summed E-state index contributed by atoms with van der Waals surface area (Å²) in [4.78, 5) is 4.37. The van der Waals surface area contributed by atoms with E-state index >= 15 is 0 Å². The van der Waals surface area contributed by atoms with Gasteiger partial charge >= 0.3 is 0 Å². The van der Waals surface area contributed by atoms with Crippen molar-refractivity contribution in [1.29, 1.82) is 0 Å². The maximum Gasteiger partial charge on any atom is 0.264 e. The summed E-state index contributed by atoms with van der Waals surface area (Å²) in [5.41, 5.74) is 1.94. The molecule has 1 N–H and O–H groups in total. The first kappa shape index (κ1) is 15.0. The van der Waals surface area contributed by atoms with Crippen LogP contribution in [0.1, 0.15) is 5.56 Å². The summed E-state index contributed by atoms with van der Waals surface area (Å²) < 4.78 is 28.8. The number of hydrogen-bond acceptors (Lipinski definition) is 3. The highest BCUT2D eigenvalue weighted by Gasteiger charge is 2.18. The molecule has 0 bridgehead atoms. The van der Waals surface area contributed by atoms with Crippen LogP contribution in [0.5, 0.6) is 0 Å². The average Bonchev–Trinajstić information content (AvgIpc) is 2.50. The van der Waals surface area contributed by atoms with Gasteiger partial charge in [0.15, 0.2) is 0 Å². The van der Waals surface area contributed by atoms with E-state index in [1.54, 1.807) is 36.5 Å². The Morgan fingerprint density at radius 3 is 2.64 bits per heavy atom. The van der Waals surface area contributed by atoms with E-state index in [1.165, 1.54) is 0 Å². The van der Waals surface area contributed by atoms with Gasteiger partial charge < -0.3 is 0 Å². The molecule has 0 spiro atoms. The second-order valence-corrected chi connectivity index (χ2v) is 7.41. The van der Waals surface area contributed by atoms with Crippen molar-refractivity contribution in [1.82, 2.24) is 4.98 Å². The molecule has 112 valence electrons. The number of anilines is 1. The summed E-state index contributed by atoms with van der Waals surface area (Å²) >= 11 is 3.40. The van der Waals surface area contributed by atoms with Crippen molar-refractivity contribution in [2.75, 3.05) is 4.72 Å². The van der Waals surface area contributed by atoms with Gasteiger partial charge in [-0.3, -0.25) is 9.71 Å². The van der Waals surface area contributed by atoms with Gasteiger partial charge in [-0.05, 0) is 42.8 Å². The first-order valence-corrected chi connectivity index (χ1v) is 8.88. The highest BCUT2D eigenvalue weighted by Crippen LogP contribution is 2.25. The lowest BCUT2D eigenvalue weighted by Gasteiger charge is -2.11. The highest BCUT2D eigenvalue weighted by molar-refractivity contribution is 9.10. The molecule has 0 saturated carbocycles. The minimum Gasteiger partial charge on any atom is -0.280 e. The monoisotopic (exact) mass is 376 g/mol. The number of nitrogens with zero attached hydrogens (tertiary/aromatic N) is 1. The van der Waals surface area contributed by atoms with Gasteiger partial charge in [-0.2, -0.15) is 0 Å². The maximum absolute atomic E-state index is 12.6. The van der Waals surface area contributed by atoms with Crippen molar-refractivity contribution in [3.8, 4) is 0 Å². The van der Waals surface area contributed by atoms with Crippen molar-refractivity contribution in [2.24, 2.45) is 0 Å². The molecule has 0 atom stereocenters. The predicted molar refractivity (Wildman–Crippen MR) is 91.4 cm³/mol. The molecule has 0 aliphatic carbocycles. The van der Waals surface area contributed by atoms with Crippen LogP contribution in [0.4, 0.5) is 5.69 Å². The molecule has 3 rings (SSSR count). The standard InChI is InChI=1S/C16H13BrN2O2S/c1-11-10-13(7-8-14(11)17)19-22(20,21)15-6-2-4-12-5-3-9-18-16(12)15/h2-10,19H,1H3. The summed E-state index contributed by atoms with van der Waals surface area (Å²) in [7, 11) is -3.70. The van der Waals surface area contributed by atoms with Crippen molar-refractivity contribution in [3.63, 3.8) is 0 Å². The SMILES string of the molecule is Cc1cc(NS(=O)(=O)c2cccc3cccnc23)ccc1Br. The minimum atomic E-state index is -3.70. The van der Waals surface area contributed by atoms with E-state index in [0.29, 0.717) is 11.2 Å². The van der Waals surface area contributed by atoms with Crippen molar-refractivity contribution >= 4 is 42.5 Å². The van der Waals surface area contributed by atoms with Crippen LogP contribution < -0.4 is 4.72 Å². The van der Waals surface area contributed by atoms with Crippen molar-refractivity contribution in [2.45, 2.75) is 11.8 Å². The normalized spacial score (nSPS) is 11.5. The fourth-order valence-electron chi connectivity index (χ4n) is 2.21. The molecule has 1 aromatic heterocycles. The lowest BCUT2D eigenvalue weighted by Crippen LogP contribution is -2.13. The van der Waals surface area contributed by atoms with Crippen LogP contribution in [0.15, 0.2) is 64.1 Å². The number of hydrogen-bond donors (Lipinski definition) is 1. The number of fused-ring (bicyclic) bond motifs is 1. The molecule has 4 nitrogen and oxygen atoms in total. The van der Waals surface area contributed by atoms with E-state index in [1.807, 2.05) is 25.1 Å². The second kappa shape index (κ2) is 5.70. The summed E-state index contributed by atoms with van der Waals surface area (Å²) in [6.45, 7) is 1.90. The Labute approximate surface area is 137 Å². The van der Waals surface area contributed by atoms with Crippen LogP contribution >= 0.6 is 15.9 Å². The van der Waals surface area contributed by atoms with Gasteiger partial charge in [0.05, 0.1) is 5.52 Å². The topological polar surface area (TPSA) is 59.1 Å². The van der Waals surface area contributed by atoms with E-state index in [0.717, 1.165) is 15.4 Å². The number of nitrogens with one attached hydrogen (secondary N) is 1. The number of aromatic nitrogens is 1. The first-order valence-electron chi connectivity index (χ1n) is 6.60. The predicted octanol–water partition coefficient (Wildman–Crippen LogP) is 4.11. The fourth-order valence-corrected chi connectivity index (χ4v) is 3.69. The number of pyridine rings is 1. The Bertz CT molecular complexity index is 950. The number of halogens is 1. The lowest BCUT2D eigenvalue weighted by atomic mass is 10.2. The summed E-state index contributed by atoms with van der Waals surface area (Å²) in [5, 5.41) is 0.789. The van der Waals surface area contributed by atoms with E-state index in [4.69, 9.17) is 0 Å². The zero-order valence-corrected chi connectivity index (χ0v) is 14.1. The lowest BCUT2D eigenvalue weighted by molar-refractivity contribution is 0.602. The first-order chi connectivity index (χ1) is 10.5. The smallest absolute Gasteiger partial charge is 0.264 e. The quantitative estimate of drug-likeness (QED) is 0.748. The number of benzene rings is 2. The van der Waals surface area contributed by atoms with E-state index in [2.05, 4.69) is 25.6 Å². The Balaban J connectivity index is 2.07. The second-order valence-electron chi connectivity index (χ2n) is 4.90. The average molecular weight is 377 g/mol. The number of para-hydroxylation sites is 1. The number of aryl methyl sites for hydroxylation is 1. The van der Waals surface area contributed by atoms with Crippen molar-refractivity contribution in [3.05, 3.63) is 64.8 Å². The third-order valence-corrected chi connectivity index (χ3v) is 5.60. The van der Waals surface area contributed by atoms with Gasteiger partial charge in [0.25, 0.3) is 10.0 Å². The molecular weight excluding hydrogens is 364 g/mol. The molecule has 3 aromatic rings. The van der Waals surface area contributed by atoms with Crippen LogP contribution in [0, 0.1) is 6.92 Å². The Hall–Kier alpha value is -1.92. The molecule has 0 aliphatic rings. The fraction of sp³-hybridized carbons (Fsp3) is 0.0625. The highest BCUT2D eigenvalue weighted by atomic mass is 79.9. The van der Waals surface area contributed by atoms with E-state index < -0.39 is 10.0 Å². The van der Waals surface area contributed by atoms with E-state index in [9.17, 15) is 8.42 Å².